The van der Waals surface area contributed by atoms with Crippen molar-refractivity contribution in [1.82, 2.24) is 9.88 Å². The van der Waals surface area contributed by atoms with Crippen molar-refractivity contribution in [2.75, 3.05) is 13.1 Å². The third-order valence-corrected chi connectivity index (χ3v) is 4.44. The van der Waals surface area contributed by atoms with Gasteiger partial charge in [-0.15, -0.1) is 0 Å². The molecular weight excluding hydrogens is 274 g/mol. The summed E-state index contributed by atoms with van der Waals surface area (Å²) < 4.78 is 0. The number of hydrogen-bond acceptors (Lipinski definition) is 4. The van der Waals surface area contributed by atoms with Crippen LogP contribution in [0.1, 0.15) is 16.8 Å². The number of oxime groups is 1. The highest BCUT2D eigenvalue weighted by Crippen LogP contribution is 2.30. The van der Waals surface area contributed by atoms with E-state index in [0.29, 0.717) is 5.92 Å². The molecule has 1 fully saturated rings. The lowest BCUT2D eigenvalue weighted by atomic mass is 9.94. The number of benzene rings is 1. The Bertz CT molecular complexity index is 681. The molecule has 0 unspecified atom stereocenters. The maximum absolute atomic E-state index is 5.67. The second-order valence-electron chi connectivity index (χ2n) is 6.11. The molecule has 4 heteroatoms. The summed E-state index contributed by atoms with van der Waals surface area (Å²) in [7, 11) is 0. The smallest absolute Gasteiger partial charge is 0.149 e. The molecule has 1 aromatic carbocycles. The summed E-state index contributed by atoms with van der Waals surface area (Å²) in [5.74, 6) is 0.367. The lowest BCUT2D eigenvalue weighted by molar-refractivity contribution is 0.0744. The van der Waals surface area contributed by atoms with E-state index in [1.807, 2.05) is 18.3 Å². The Balaban J connectivity index is 1.48. The predicted octanol–water partition coefficient (Wildman–Crippen LogP) is 2.62. The Morgan fingerprint density at radius 3 is 2.77 bits per heavy atom. The summed E-state index contributed by atoms with van der Waals surface area (Å²) in [4.78, 5) is 12.5. The van der Waals surface area contributed by atoms with Gasteiger partial charge in [0.25, 0.3) is 0 Å². The molecular formula is C18H19N3O. The number of rotatable bonds is 3. The highest BCUT2D eigenvalue weighted by molar-refractivity contribution is 6.03. The second kappa shape index (κ2) is 5.54. The van der Waals surface area contributed by atoms with E-state index in [1.165, 1.54) is 11.1 Å². The topological polar surface area (TPSA) is 37.7 Å². The van der Waals surface area contributed by atoms with Gasteiger partial charge in [-0.1, -0.05) is 41.1 Å². The largest absolute Gasteiger partial charge is 0.390 e. The zero-order valence-corrected chi connectivity index (χ0v) is 12.6. The van der Waals surface area contributed by atoms with Crippen LogP contribution in [-0.4, -0.2) is 34.8 Å². The molecule has 1 saturated heterocycles. The van der Waals surface area contributed by atoms with Crippen LogP contribution in [0.4, 0.5) is 0 Å². The van der Waals surface area contributed by atoms with Crippen molar-refractivity contribution in [3.8, 4) is 0 Å². The Kier molecular flexibility index (Phi) is 3.39. The first-order valence-corrected chi connectivity index (χ1v) is 7.72. The average molecular weight is 293 g/mol. The molecule has 0 aliphatic carbocycles. The minimum absolute atomic E-state index is 0.181. The van der Waals surface area contributed by atoms with Crippen molar-refractivity contribution in [3.63, 3.8) is 0 Å². The summed E-state index contributed by atoms with van der Waals surface area (Å²) in [6.07, 6.45) is 2.03. The van der Waals surface area contributed by atoms with E-state index in [9.17, 15) is 0 Å². The van der Waals surface area contributed by atoms with Crippen LogP contribution in [-0.2, 0) is 11.4 Å². The van der Waals surface area contributed by atoms with Crippen molar-refractivity contribution >= 4 is 5.71 Å². The molecule has 2 aliphatic heterocycles. The van der Waals surface area contributed by atoms with Gasteiger partial charge >= 0.3 is 0 Å². The van der Waals surface area contributed by atoms with Crippen molar-refractivity contribution in [2.24, 2.45) is 11.1 Å². The van der Waals surface area contributed by atoms with Crippen LogP contribution in [0, 0.1) is 12.8 Å². The summed E-state index contributed by atoms with van der Waals surface area (Å²) in [5.41, 5.74) is 4.64. The Morgan fingerprint density at radius 1 is 1.14 bits per heavy atom. The molecule has 4 rings (SSSR count). The molecule has 2 aromatic rings. The molecule has 0 amide bonds. The van der Waals surface area contributed by atoms with E-state index in [2.05, 4.69) is 52.3 Å². The zero-order valence-electron chi connectivity index (χ0n) is 12.6. The number of likely N-dealkylation sites (tertiary alicyclic amines) is 1. The van der Waals surface area contributed by atoms with Crippen molar-refractivity contribution in [2.45, 2.75) is 19.6 Å². The normalized spacial score (nSPS) is 24.0. The van der Waals surface area contributed by atoms with Gasteiger partial charge in [0.1, 0.15) is 6.10 Å². The molecule has 112 valence electrons. The van der Waals surface area contributed by atoms with Gasteiger partial charge in [-0.2, -0.15) is 0 Å². The van der Waals surface area contributed by atoms with E-state index in [-0.39, 0.29) is 6.10 Å². The molecule has 22 heavy (non-hydrogen) atoms. The quantitative estimate of drug-likeness (QED) is 0.873. The highest BCUT2D eigenvalue weighted by atomic mass is 16.6. The molecule has 0 spiro atoms. The van der Waals surface area contributed by atoms with Gasteiger partial charge in [-0.25, -0.2) is 0 Å². The fourth-order valence-corrected chi connectivity index (χ4v) is 3.25. The number of hydrogen-bond donors (Lipinski definition) is 0. The van der Waals surface area contributed by atoms with Crippen molar-refractivity contribution in [3.05, 3.63) is 65.5 Å². The molecule has 1 aromatic heterocycles. The maximum atomic E-state index is 5.67. The monoisotopic (exact) mass is 293 g/mol. The zero-order chi connectivity index (χ0) is 14.9. The molecule has 0 bridgehead atoms. The van der Waals surface area contributed by atoms with Crippen LogP contribution in [0.2, 0.25) is 0 Å². The van der Waals surface area contributed by atoms with Gasteiger partial charge in [-0.05, 0) is 24.6 Å². The molecule has 0 radical (unpaired) electrons. The van der Waals surface area contributed by atoms with Crippen LogP contribution in [0.5, 0.6) is 0 Å². The number of fused-ring (bicyclic) bond motifs is 1. The summed E-state index contributed by atoms with van der Waals surface area (Å²) >= 11 is 0. The molecule has 2 aliphatic rings. The van der Waals surface area contributed by atoms with Crippen LogP contribution < -0.4 is 0 Å². The Labute approximate surface area is 130 Å². The fraction of sp³-hybridized carbons (Fsp3) is 0.333. The van der Waals surface area contributed by atoms with Gasteiger partial charge in [0, 0.05) is 25.8 Å². The van der Waals surface area contributed by atoms with E-state index in [1.54, 1.807) is 0 Å². The Hall–Kier alpha value is -2.20. The third kappa shape index (κ3) is 2.50. The van der Waals surface area contributed by atoms with Gasteiger partial charge in [0.2, 0.25) is 0 Å². The molecule has 0 N–H and O–H groups in total. The van der Waals surface area contributed by atoms with E-state index in [4.69, 9.17) is 4.84 Å². The van der Waals surface area contributed by atoms with E-state index < -0.39 is 0 Å². The summed E-state index contributed by atoms with van der Waals surface area (Å²) in [6, 6.07) is 14.6. The lowest BCUT2D eigenvalue weighted by Gasteiger charge is -2.15. The number of aromatic nitrogens is 1. The highest BCUT2D eigenvalue weighted by Gasteiger charge is 2.42. The maximum Gasteiger partial charge on any atom is 0.149 e. The summed E-state index contributed by atoms with van der Waals surface area (Å²) in [5, 5.41) is 4.34. The molecule has 2 atom stereocenters. The third-order valence-electron chi connectivity index (χ3n) is 4.44. The number of nitrogens with zero attached hydrogens (tertiary/aromatic N) is 3. The number of pyridine rings is 1. The molecule has 0 saturated carbocycles. The standard InChI is InChI=1S/C18H19N3O/c1-13-5-7-14(8-6-13)18-16-11-21(12-17(16)22-20-18)10-15-4-2-3-9-19-15/h2-9,16-17H,10-12H2,1H3/t16-,17-/m1/s1. The second-order valence-corrected chi connectivity index (χ2v) is 6.11. The SMILES string of the molecule is Cc1ccc(C2=NO[C@@H]3CN(Cc4ccccn4)C[C@@H]23)cc1. The minimum atomic E-state index is 0.181. The lowest BCUT2D eigenvalue weighted by Crippen LogP contribution is -2.23. The number of aryl methyl sites for hydroxylation is 1. The van der Waals surface area contributed by atoms with Gasteiger partial charge in [0.05, 0.1) is 17.3 Å². The minimum Gasteiger partial charge on any atom is -0.390 e. The van der Waals surface area contributed by atoms with E-state index in [0.717, 1.165) is 31.0 Å². The van der Waals surface area contributed by atoms with Gasteiger partial charge in [0.15, 0.2) is 0 Å². The van der Waals surface area contributed by atoms with Crippen LogP contribution >= 0.6 is 0 Å². The molecule has 4 nitrogen and oxygen atoms in total. The first-order chi connectivity index (χ1) is 10.8. The van der Waals surface area contributed by atoms with E-state index >= 15 is 0 Å². The van der Waals surface area contributed by atoms with Crippen molar-refractivity contribution < 1.29 is 4.84 Å². The Morgan fingerprint density at radius 2 is 2.00 bits per heavy atom. The first kappa shape index (κ1) is 13.5. The van der Waals surface area contributed by atoms with Crippen LogP contribution in [0.3, 0.4) is 0 Å². The van der Waals surface area contributed by atoms with Crippen molar-refractivity contribution in [1.29, 1.82) is 0 Å². The van der Waals surface area contributed by atoms with Crippen LogP contribution in [0.15, 0.2) is 53.8 Å². The van der Waals surface area contributed by atoms with Gasteiger partial charge in [-0.3, -0.25) is 9.88 Å². The summed E-state index contributed by atoms with van der Waals surface area (Å²) in [6.45, 7) is 4.87. The van der Waals surface area contributed by atoms with Gasteiger partial charge < -0.3 is 4.84 Å². The first-order valence-electron chi connectivity index (χ1n) is 7.72. The fourth-order valence-electron chi connectivity index (χ4n) is 3.25. The average Bonchev–Trinajstić information content (AvgIpc) is 3.09. The van der Waals surface area contributed by atoms with Crippen LogP contribution in [0.25, 0.3) is 0 Å². The predicted molar refractivity (Wildman–Crippen MR) is 85.6 cm³/mol. The molecule has 3 heterocycles.